The van der Waals surface area contributed by atoms with Crippen molar-refractivity contribution in [3.05, 3.63) is 35.9 Å². The van der Waals surface area contributed by atoms with Crippen molar-refractivity contribution in [1.82, 2.24) is 4.90 Å². The van der Waals surface area contributed by atoms with Gasteiger partial charge in [0.1, 0.15) is 13.1 Å². The van der Waals surface area contributed by atoms with Gasteiger partial charge in [-0.3, -0.25) is 9.48 Å². The van der Waals surface area contributed by atoms with E-state index in [1.807, 2.05) is 0 Å². The van der Waals surface area contributed by atoms with Crippen LogP contribution in [0.2, 0.25) is 0 Å². The number of nitrogens with zero attached hydrogens (tertiary/aromatic N) is 2. The van der Waals surface area contributed by atoms with Gasteiger partial charge in [0.05, 0.1) is 19.2 Å². The first-order valence-corrected chi connectivity index (χ1v) is 8.75. The molecule has 0 saturated carbocycles. The molecule has 1 aromatic carbocycles. The Labute approximate surface area is 125 Å². The van der Waals surface area contributed by atoms with Crippen LogP contribution in [0.1, 0.15) is 18.9 Å². The maximum absolute atomic E-state index is 10.7. The monoisotopic (exact) mass is 348 g/mol. The fraction of sp³-hybridized carbons (Fsp3) is 0.462. The van der Waals surface area contributed by atoms with Gasteiger partial charge in [0.15, 0.2) is 0 Å². The van der Waals surface area contributed by atoms with Crippen molar-refractivity contribution in [1.29, 1.82) is 0 Å². The Morgan fingerprint density at radius 3 is 2.00 bits per heavy atom. The molecule has 2 nitrogen and oxygen atoms in total. The van der Waals surface area contributed by atoms with E-state index >= 15 is 0 Å². The van der Waals surface area contributed by atoms with Gasteiger partial charge in [0.25, 0.3) is 5.84 Å². The summed E-state index contributed by atoms with van der Waals surface area (Å²) >= 11 is 0. The molecule has 0 amide bonds. The van der Waals surface area contributed by atoms with Gasteiger partial charge in [-0.05, 0) is 18.6 Å². The Kier molecular flexibility index (Phi) is 4.88. The summed E-state index contributed by atoms with van der Waals surface area (Å²) in [7, 11) is -8.48. The van der Waals surface area contributed by atoms with Gasteiger partial charge in [-0.1, -0.05) is 25.1 Å². The average Bonchev–Trinajstić information content (AvgIpc) is 2.68. The molecule has 0 unspecified atom stereocenters. The van der Waals surface area contributed by atoms with Crippen molar-refractivity contribution in [3.8, 4) is 0 Å². The predicted octanol–water partition coefficient (Wildman–Crippen LogP) is 5.18. The molecule has 0 aliphatic carbocycles. The van der Waals surface area contributed by atoms with Gasteiger partial charge in [-0.15, -0.1) is 0 Å². The van der Waals surface area contributed by atoms with E-state index in [1.54, 1.807) is 0 Å². The first-order valence-electron chi connectivity index (χ1n) is 6.73. The first kappa shape index (κ1) is 18.7. The van der Waals surface area contributed by atoms with Crippen LogP contribution >= 0.6 is 7.81 Å². The summed E-state index contributed by atoms with van der Waals surface area (Å²) in [6.07, 6.45) is 1.21. The summed E-state index contributed by atoms with van der Waals surface area (Å²) in [6.45, 7) is 5.70. The minimum atomic E-state index is -10.7. The van der Waals surface area contributed by atoms with E-state index in [1.165, 1.54) is 17.8 Å². The van der Waals surface area contributed by atoms with Crippen LogP contribution in [0.4, 0.5) is 25.2 Å². The molecule has 1 aliphatic heterocycles. The second kappa shape index (κ2) is 5.72. The zero-order valence-electron chi connectivity index (χ0n) is 12.3. The summed E-state index contributed by atoms with van der Waals surface area (Å²) < 4.78 is 61.5. The van der Waals surface area contributed by atoms with E-state index in [-0.39, 0.29) is 0 Å². The van der Waals surface area contributed by atoms with E-state index in [9.17, 15) is 25.2 Å². The van der Waals surface area contributed by atoms with Crippen LogP contribution in [-0.4, -0.2) is 42.0 Å². The van der Waals surface area contributed by atoms with Crippen molar-refractivity contribution in [2.45, 2.75) is 13.3 Å². The van der Waals surface area contributed by atoms with Crippen molar-refractivity contribution in [2.75, 3.05) is 26.7 Å². The molecule has 22 heavy (non-hydrogen) atoms. The van der Waals surface area contributed by atoms with Gasteiger partial charge in [-0.25, -0.2) is 0 Å². The Bertz CT molecular complexity index is 527. The average molecular weight is 348 g/mol. The molecular formula is C13H19F6N2P. The molecular weight excluding hydrogens is 329 g/mol. The van der Waals surface area contributed by atoms with Gasteiger partial charge < -0.3 is 0 Å². The van der Waals surface area contributed by atoms with E-state index in [0.717, 1.165) is 19.6 Å². The molecule has 9 heteroatoms. The number of hydrogen-bond acceptors (Lipinski definition) is 1. The third kappa shape index (κ3) is 8.22. The second-order valence-electron chi connectivity index (χ2n) is 5.06. The summed E-state index contributed by atoms with van der Waals surface area (Å²) in [4.78, 5) is 2.48. The first-order chi connectivity index (χ1) is 9.78. The SMILES string of the molecule is CCCN1CC[N+](C)=C1c1ccccc1.F[P-](F)(F)(F)(F)F. The van der Waals surface area contributed by atoms with Crippen LogP contribution in [0.25, 0.3) is 0 Å². The van der Waals surface area contributed by atoms with Crippen LogP contribution in [0.15, 0.2) is 30.3 Å². The molecule has 0 atom stereocenters. The summed E-state index contributed by atoms with van der Waals surface area (Å²) in [5, 5.41) is 0. The molecule has 1 aromatic rings. The van der Waals surface area contributed by atoms with Crippen LogP contribution in [-0.2, 0) is 0 Å². The van der Waals surface area contributed by atoms with Crippen molar-refractivity contribution in [2.24, 2.45) is 0 Å². The van der Waals surface area contributed by atoms with Crippen LogP contribution in [0.5, 0.6) is 0 Å². The molecule has 2 rings (SSSR count). The summed E-state index contributed by atoms with van der Waals surface area (Å²) in [5.74, 6) is 1.39. The Morgan fingerprint density at radius 2 is 1.55 bits per heavy atom. The number of benzene rings is 1. The second-order valence-corrected chi connectivity index (χ2v) is 6.97. The predicted molar refractivity (Wildman–Crippen MR) is 77.0 cm³/mol. The minimum absolute atomic E-state index is 1.14. The van der Waals surface area contributed by atoms with Crippen molar-refractivity contribution in [3.63, 3.8) is 0 Å². The standard InChI is InChI=1S/C13H19N2.F6P/c1-3-9-15-11-10-14(2)13(15)12-7-5-4-6-8-12;1-7(2,3,4,5)6/h4-8H,3,9-11H2,1-2H3;/q+1;-1. The zero-order chi connectivity index (χ0) is 17.1. The van der Waals surface area contributed by atoms with Gasteiger partial charge >= 0.3 is 33.0 Å². The molecule has 0 spiro atoms. The van der Waals surface area contributed by atoms with Gasteiger partial charge in [0.2, 0.25) is 0 Å². The number of rotatable bonds is 3. The third-order valence-electron chi connectivity index (χ3n) is 2.89. The van der Waals surface area contributed by atoms with Gasteiger partial charge in [-0.2, -0.15) is 0 Å². The normalized spacial score (nSPS) is 18.5. The molecule has 0 aromatic heterocycles. The van der Waals surface area contributed by atoms with E-state index in [2.05, 4.69) is 53.8 Å². The molecule has 0 bridgehead atoms. The molecule has 1 aliphatic rings. The fourth-order valence-corrected chi connectivity index (χ4v) is 2.20. The Morgan fingerprint density at radius 1 is 1.05 bits per heavy atom. The molecule has 0 saturated heterocycles. The molecule has 0 radical (unpaired) electrons. The molecule has 0 fully saturated rings. The van der Waals surface area contributed by atoms with Crippen LogP contribution in [0.3, 0.4) is 0 Å². The van der Waals surface area contributed by atoms with Crippen molar-refractivity contribution >= 4 is 13.6 Å². The molecule has 0 N–H and O–H groups in total. The fourth-order valence-electron chi connectivity index (χ4n) is 2.20. The zero-order valence-corrected chi connectivity index (χ0v) is 13.2. The Balaban J connectivity index is 0.000000295. The number of hydrogen-bond donors (Lipinski definition) is 0. The van der Waals surface area contributed by atoms with Crippen molar-refractivity contribution < 1.29 is 29.8 Å². The number of likely N-dealkylation sites (N-methyl/N-ethyl adjacent to an activating group) is 1. The summed E-state index contributed by atoms with van der Waals surface area (Å²) in [6, 6.07) is 10.7. The summed E-state index contributed by atoms with van der Waals surface area (Å²) in [5.41, 5.74) is 1.34. The maximum atomic E-state index is 9.87. The van der Waals surface area contributed by atoms with E-state index in [4.69, 9.17) is 0 Å². The number of halogens is 6. The molecule has 1 heterocycles. The van der Waals surface area contributed by atoms with Crippen LogP contribution < -0.4 is 0 Å². The van der Waals surface area contributed by atoms with Crippen LogP contribution in [0, 0.1) is 0 Å². The van der Waals surface area contributed by atoms with Gasteiger partial charge in [0, 0.05) is 0 Å². The Hall–Kier alpha value is -1.30. The molecule has 128 valence electrons. The van der Waals surface area contributed by atoms with E-state index in [0.29, 0.717) is 0 Å². The van der Waals surface area contributed by atoms with E-state index < -0.39 is 7.81 Å². The number of amidine groups is 1. The third-order valence-corrected chi connectivity index (χ3v) is 2.89. The quantitative estimate of drug-likeness (QED) is 0.414. The topological polar surface area (TPSA) is 6.25 Å².